The fourth-order valence-corrected chi connectivity index (χ4v) is 1.45. The Bertz CT molecular complexity index is 76.2. The lowest BCUT2D eigenvalue weighted by Gasteiger charge is -2.19. The van der Waals surface area contributed by atoms with Crippen LogP contribution in [0.4, 0.5) is 0 Å². The fourth-order valence-electron chi connectivity index (χ4n) is 0.161. The van der Waals surface area contributed by atoms with Gasteiger partial charge in [0.25, 0.3) is 0 Å². The Balaban J connectivity index is 3.75. The summed E-state index contributed by atoms with van der Waals surface area (Å²) in [5.74, 6) is 0. The van der Waals surface area contributed by atoms with Crippen molar-refractivity contribution in [2.45, 2.75) is 7.83 Å². The molecule has 0 aromatic heterocycles. The molecule has 0 bridgehead atoms. The highest BCUT2D eigenvalue weighted by Crippen LogP contribution is 2.31. The Hall–Kier alpha value is 1.70. The van der Waals surface area contributed by atoms with E-state index in [1.807, 2.05) is 0 Å². The Morgan fingerprint density at radius 1 is 0.667 bits per heavy atom. The quantitative estimate of drug-likeness (QED) is 0.515. The smallest absolute Gasteiger partial charge is 0.228 e. The summed E-state index contributed by atoms with van der Waals surface area (Å²) in [5.41, 5.74) is 0. The summed E-state index contributed by atoms with van der Waals surface area (Å²) in [6, 6.07) is 0. The highest BCUT2D eigenvalue weighted by Gasteiger charge is 2.31. The maximum absolute atomic E-state index is 5.18. The molecule has 9 heavy (non-hydrogen) atoms. The van der Waals surface area contributed by atoms with Gasteiger partial charge in [0.1, 0.15) is 0 Å². The second-order valence-electron chi connectivity index (χ2n) is 1.12. The first kappa shape index (κ1) is 10.7. The molecule has 0 rings (SSSR count). The predicted molar refractivity (Wildman–Crippen MR) is 43.7 cm³/mol. The number of rotatable bonds is 0. The summed E-state index contributed by atoms with van der Waals surface area (Å²) in [5, 5.41) is 2.05. The largest absolute Gasteiger partial charge is 0.248 e. The van der Waals surface area contributed by atoms with E-state index in [2.05, 4.69) is 5.32 Å². The maximum Gasteiger partial charge on any atom is 0.248 e. The van der Waals surface area contributed by atoms with Gasteiger partial charge in [0.15, 0.2) is 0 Å². The third kappa shape index (κ3) is 9.70. The normalized spacial score (nSPS) is 14.0. The molecule has 0 spiro atoms. The minimum Gasteiger partial charge on any atom is -0.228 e. The van der Waals surface area contributed by atoms with Crippen LogP contribution in [0.2, 0.25) is 0 Å². The van der Waals surface area contributed by atoms with Gasteiger partial charge in [0.2, 0.25) is 7.83 Å². The van der Waals surface area contributed by atoms with Crippen LogP contribution in [0.3, 0.4) is 0 Å². The lowest BCUT2D eigenvalue weighted by Crippen LogP contribution is -2.38. The first-order valence-corrected chi connectivity index (χ1v) is 3.90. The van der Waals surface area contributed by atoms with E-state index < -0.39 is 7.83 Å². The summed E-state index contributed by atoms with van der Waals surface area (Å²) in [7, 11) is 0. The highest BCUT2D eigenvalue weighted by molar-refractivity contribution is 6.71. The SMILES string of the molecule is ClC(Cl)(Cl)NC(Cl)(Cl)Cl. The van der Waals surface area contributed by atoms with Crippen LogP contribution < -0.4 is 5.32 Å². The Labute approximate surface area is 82.5 Å². The molecular formula is C2HCl6N. The number of alkyl halides is 6. The molecule has 0 aromatic rings. The summed E-state index contributed by atoms with van der Waals surface area (Å²) in [6.45, 7) is 0. The van der Waals surface area contributed by atoms with E-state index in [0.29, 0.717) is 0 Å². The topological polar surface area (TPSA) is 12.0 Å². The molecule has 0 saturated heterocycles. The van der Waals surface area contributed by atoms with Crippen LogP contribution in [-0.2, 0) is 0 Å². The molecule has 0 amide bonds. The van der Waals surface area contributed by atoms with Crippen LogP contribution in [0.5, 0.6) is 0 Å². The van der Waals surface area contributed by atoms with Gasteiger partial charge >= 0.3 is 0 Å². The van der Waals surface area contributed by atoms with E-state index in [4.69, 9.17) is 69.6 Å². The van der Waals surface area contributed by atoms with Gasteiger partial charge in [-0.1, -0.05) is 69.6 Å². The average Bonchev–Trinajstić information content (AvgIpc) is 1.14. The van der Waals surface area contributed by atoms with Crippen molar-refractivity contribution < 1.29 is 0 Å². The first-order valence-electron chi connectivity index (χ1n) is 1.63. The lowest BCUT2D eigenvalue weighted by molar-refractivity contribution is 0.745. The predicted octanol–water partition coefficient (Wildman–Crippen LogP) is 3.23. The first-order chi connectivity index (χ1) is 3.71. The van der Waals surface area contributed by atoms with Crippen LogP contribution in [0.15, 0.2) is 0 Å². The van der Waals surface area contributed by atoms with Crippen molar-refractivity contribution in [1.82, 2.24) is 5.32 Å². The van der Waals surface area contributed by atoms with E-state index in [1.165, 1.54) is 0 Å². The third-order valence-corrected chi connectivity index (χ3v) is 0.850. The maximum atomic E-state index is 5.18. The van der Waals surface area contributed by atoms with E-state index in [0.717, 1.165) is 0 Å². The van der Waals surface area contributed by atoms with Gasteiger partial charge in [0, 0.05) is 0 Å². The molecular weight excluding hydrogens is 251 g/mol. The zero-order valence-electron chi connectivity index (χ0n) is 3.77. The Kier molecular flexibility index (Phi) is 4.04. The van der Waals surface area contributed by atoms with Crippen molar-refractivity contribution in [3.05, 3.63) is 0 Å². The van der Waals surface area contributed by atoms with Gasteiger partial charge in [-0.2, -0.15) is 0 Å². The van der Waals surface area contributed by atoms with Crippen molar-refractivity contribution >= 4 is 69.6 Å². The van der Waals surface area contributed by atoms with Gasteiger partial charge in [-0.15, -0.1) is 0 Å². The van der Waals surface area contributed by atoms with Crippen molar-refractivity contribution in [3.63, 3.8) is 0 Å². The molecule has 1 N–H and O–H groups in total. The number of halogens is 6. The van der Waals surface area contributed by atoms with Crippen molar-refractivity contribution in [2.24, 2.45) is 0 Å². The second kappa shape index (κ2) is 3.40. The van der Waals surface area contributed by atoms with Crippen molar-refractivity contribution in [1.29, 1.82) is 0 Å². The number of nitrogens with one attached hydrogen (secondary N) is 1. The molecule has 0 aliphatic carbocycles. The molecule has 7 heteroatoms. The molecule has 0 fully saturated rings. The molecule has 0 heterocycles. The molecule has 0 aromatic carbocycles. The van der Waals surface area contributed by atoms with E-state index in [9.17, 15) is 0 Å². The van der Waals surface area contributed by atoms with Gasteiger partial charge in [-0.3, -0.25) is 0 Å². The standard InChI is InChI=1S/C2HCl6N/c3-1(4,5)9-2(6,7)8/h9H. The van der Waals surface area contributed by atoms with Gasteiger partial charge in [0.05, 0.1) is 0 Å². The summed E-state index contributed by atoms with van der Waals surface area (Å²) in [4.78, 5) is 0. The monoisotopic (exact) mass is 249 g/mol. The minimum atomic E-state index is -1.74. The lowest BCUT2D eigenvalue weighted by atomic mass is 11.2. The van der Waals surface area contributed by atoms with Crippen molar-refractivity contribution in [3.8, 4) is 0 Å². The van der Waals surface area contributed by atoms with E-state index >= 15 is 0 Å². The summed E-state index contributed by atoms with van der Waals surface area (Å²) >= 11 is 31.1. The molecule has 0 atom stereocenters. The Morgan fingerprint density at radius 2 is 0.889 bits per heavy atom. The zero-order valence-corrected chi connectivity index (χ0v) is 8.30. The average molecular weight is 252 g/mol. The van der Waals surface area contributed by atoms with Crippen molar-refractivity contribution in [2.75, 3.05) is 0 Å². The Morgan fingerprint density at radius 3 is 0.889 bits per heavy atom. The molecule has 0 aliphatic rings. The van der Waals surface area contributed by atoms with Gasteiger partial charge < -0.3 is 0 Å². The highest BCUT2D eigenvalue weighted by atomic mass is 35.6. The second-order valence-corrected chi connectivity index (χ2v) is 5.68. The van der Waals surface area contributed by atoms with E-state index in [1.54, 1.807) is 0 Å². The van der Waals surface area contributed by atoms with Crippen LogP contribution in [0.1, 0.15) is 0 Å². The third-order valence-electron chi connectivity index (χ3n) is 0.283. The molecule has 56 valence electrons. The van der Waals surface area contributed by atoms with Gasteiger partial charge in [-0.05, 0) is 0 Å². The van der Waals surface area contributed by atoms with Crippen LogP contribution in [-0.4, -0.2) is 7.83 Å². The van der Waals surface area contributed by atoms with Crippen LogP contribution >= 0.6 is 69.6 Å². The summed E-state index contributed by atoms with van der Waals surface area (Å²) in [6.07, 6.45) is 0. The summed E-state index contributed by atoms with van der Waals surface area (Å²) < 4.78 is -3.49. The van der Waals surface area contributed by atoms with Crippen LogP contribution in [0, 0.1) is 0 Å². The van der Waals surface area contributed by atoms with Gasteiger partial charge in [-0.25, -0.2) is 5.32 Å². The molecule has 0 aliphatic heterocycles. The molecule has 0 saturated carbocycles. The number of hydrogen-bond acceptors (Lipinski definition) is 1. The minimum absolute atomic E-state index is 1.74. The molecule has 0 unspecified atom stereocenters. The number of hydrogen-bond donors (Lipinski definition) is 1. The molecule has 1 nitrogen and oxygen atoms in total. The molecule has 0 radical (unpaired) electrons. The zero-order chi connectivity index (χ0) is 7.71. The van der Waals surface area contributed by atoms with Crippen LogP contribution in [0.25, 0.3) is 0 Å². The fraction of sp³-hybridized carbons (Fsp3) is 1.00. The van der Waals surface area contributed by atoms with E-state index in [-0.39, 0.29) is 0 Å².